The molecule has 0 unspecified atom stereocenters. The van der Waals surface area contributed by atoms with Crippen LogP contribution in [0.1, 0.15) is 63.1 Å². The zero-order valence-electron chi connectivity index (χ0n) is 20.3. The van der Waals surface area contributed by atoms with Gasteiger partial charge in [-0.2, -0.15) is 5.10 Å². The number of hydrogen-bond donors (Lipinski definition) is 4. The molecule has 4 rings (SSSR count). The summed E-state index contributed by atoms with van der Waals surface area (Å²) in [5.74, 6) is 0.237. The predicted molar refractivity (Wildman–Crippen MR) is 136 cm³/mol. The van der Waals surface area contributed by atoms with Crippen molar-refractivity contribution in [3.05, 3.63) is 41.3 Å². The van der Waals surface area contributed by atoms with Gasteiger partial charge >= 0.3 is 6.09 Å². The maximum atomic E-state index is 13.5. The number of nitrogens with one attached hydrogen (secondary N) is 3. The van der Waals surface area contributed by atoms with E-state index in [9.17, 15) is 13.2 Å². The Balaban J connectivity index is 1.68. The zero-order chi connectivity index (χ0) is 25.4. The average molecular weight is 518 g/mol. The van der Waals surface area contributed by atoms with Gasteiger partial charge in [-0.15, -0.1) is 11.3 Å². The standard InChI is InChI=1S/C24H31N5O4S2/c1-14-19(12-26-28-14)16-7-10-18(21(11-16)35(32,33)29-24(2,3)4)20-13-25-22(34-20)15-5-8-17(9-6-15)27-23(30)31/h7,10-13,15,17,27,29H,5-6,8-9H2,1-4H3,(H,26,28)(H,30,31). The Morgan fingerprint density at radius 1 is 1.14 bits per heavy atom. The first-order valence-electron chi connectivity index (χ1n) is 11.6. The molecule has 2 heterocycles. The monoisotopic (exact) mass is 517 g/mol. The van der Waals surface area contributed by atoms with Gasteiger partial charge in [-0.25, -0.2) is 22.9 Å². The minimum Gasteiger partial charge on any atom is -0.465 e. The summed E-state index contributed by atoms with van der Waals surface area (Å²) in [4.78, 5) is 16.5. The molecule has 1 saturated carbocycles. The lowest BCUT2D eigenvalue weighted by Crippen LogP contribution is -2.40. The molecule has 1 amide bonds. The molecule has 0 atom stereocenters. The predicted octanol–water partition coefficient (Wildman–Crippen LogP) is 4.88. The molecule has 188 valence electrons. The van der Waals surface area contributed by atoms with Crippen molar-refractivity contribution in [2.24, 2.45) is 0 Å². The molecular formula is C24H31N5O4S2. The van der Waals surface area contributed by atoms with Crippen molar-refractivity contribution < 1.29 is 18.3 Å². The van der Waals surface area contributed by atoms with Crippen LogP contribution in [0.2, 0.25) is 0 Å². The van der Waals surface area contributed by atoms with E-state index in [-0.39, 0.29) is 16.9 Å². The van der Waals surface area contributed by atoms with Crippen LogP contribution in [0.25, 0.3) is 21.6 Å². The van der Waals surface area contributed by atoms with Crippen molar-refractivity contribution in [2.75, 3.05) is 0 Å². The lowest BCUT2D eigenvalue weighted by Gasteiger charge is -2.27. The number of amides is 1. The summed E-state index contributed by atoms with van der Waals surface area (Å²) in [5, 5.41) is 19.5. The first-order valence-corrected chi connectivity index (χ1v) is 13.9. The summed E-state index contributed by atoms with van der Waals surface area (Å²) in [5.41, 5.74) is 2.44. The highest BCUT2D eigenvalue weighted by Gasteiger charge is 2.29. The van der Waals surface area contributed by atoms with Crippen molar-refractivity contribution in [1.29, 1.82) is 0 Å². The number of hydrogen-bond acceptors (Lipinski definition) is 6. The highest BCUT2D eigenvalue weighted by Crippen LogP contribution is 2.40. The van der Waals surface area contributed by atoms with Crippen LogP contribution >= 0.6 is 11.3 Å². The van der Waals surface area contributed by atoms with E-state index in [4.69, 9.17) is 5.11 Å². The lowest BCUT2D eigenvalue weighted by molar-refractivity contribution is 0.185. The molecule has 0 radical (unpaired) electrons. The molecule has 11 heteroatoms. The van der Waals surface area contributed by atoms with Gasteiger partial charge < -0.3 is 10.4 Å². The van der Waals surface area contributed by atoms with Gasteiger partial charge in [0.1, 0.15) is 0 Å². The van der Waals surface area contributed by atoms with Crippen LogP contribution in [-0.4, -0.2) is 46.4 Å². The molecule has 1 aliphatic rings. The molecule has 3 aromatic rings. The molecule has 2 aromatic heterocycles. The SMILES string of the molecule is Cc1[nH]ncc1-c1ccc(-c2cnc(C3CCC(NC(=O)O)CC3)s2)c(S(=O)(=O)NC(C)(C)C)c1. The van der Waals surface area contributed by atoms with Gasteiger partial charge in [-0.1, -0.05) is 12.1 Å². The molecule has 1 aromatic carbocycles. The Kier molecular flexibility index (Phi) is 7.03. The van der Waals surface area contributed by atoms with Crippen LogP contribution in [-0.2, 0) is 10.0 Å². The summed E-state index contributed by atoms with van der Waals surface area (Å²) < 4.78 is 29.7. The maximum absolute atomic E-state index is 13.5. The summed E-state index contributed by atoms with van der Waals surface area (Å²) in [6, 6.07) is 5.42. The lowest BCUT2D eigenvalue weighted by atomic mass is 9.86. The number of nitrogens with zero attached hydrogens (tertiary/aromatic N) is 2. The topological polar surface area (TPSA) is 137 Å². The number of carbonyl (C=O) groups is 1. The van der Waals surface area contributed by atoms with Crippen LogP contribution in [0.3, 0.4) is 0 Å². The van der Waals surface area contributed by atoms with Crippen LogP contribution in [0.15, 0.2) is 35.5 Å². The normalized spacial score (nSPS) is 19.0. The van der Waals surface area contributed by atoms with Gasteiger partial charge in [0.25, 0.3) is 0 Å². The van der Waals surface area contributed by atoms with E-state index in [1.165, 1.54) is 11.3 Å². The van der Waals surface area contributed by atoms with Gasteiger partial charge in [0.05, 0.1) is 21.0 Å². The van der Waals surface area contributed by atoms with Crippen molar-refractivity contribution in [3.8, 4) is 21.6 Å². The number of carboxylic acid groups (broad SMARTS) is 1. The van der Waals surface area contributed by atoms with E-state index in [2.05, 4.69) is 25.2 Å². The second-order valence-corrected chi connectivity index (χ2v) is 12.7. The summed E-state index contributed by atoms with van der Waals surface area (Å²) in [7, 11) is -3.82. The second kappa shape index (κ2) is 9.71. The number of benzene rings is 1. The van der Waals surface area contributed by atoms with Gasteiger partial charge in [-0.05, 0) is 65.0 Å². The Morgan fingerprint density at radius 3 is 2.46 bits per heavy atom. The second-order valence-electron chi connectivity index (χ2n) is 10.0. The van der Waals surface area contributed by atoms with Crippen LogP contribution < -0.4 is 10.0 Å². The third kappa shape index (κ3) is 5.91. The minimum atomic E-state index is -3.82. The fourth-order valence-electron chi connectivity index (χ4n) is 4.48. The van der Waals surface area contributed by atoms with E-state index in [1.54, 1.807) is 18.5 Å². The average Bonchev–Trinajstić information content (AvgIpc) is 3.41. The fourth-order valence-corrected chi connectivity index (χ4v) is 7.33. The number of aromatic amines is 1. The van der Waals surface area contributed by atoms with Gasteiger partial charge in [0.2, 0.25) is 10.0 Å². The van der Waals surface area contributed by atoms with E-state index in [0.717, 1.165) is 52.4 Å². The van der Waals surface area contributed by atoms with E-state index in [0.29, 0.717) is 5.56 Å². The third-order valence-corrected chi connectivity index (χ3v) is 9.04. The van der Waals surface area contributed by atoms with E-state index < -0.39 is 21.7 Å². The Hall–Kier alpha value is -2.76. The summed E-state index contributed by atoms with van der Waals surface area (Å²) in [6.45, 7) is 7.34. The molecule has 9 nitrogen and oxygen atoms in total. The van der Waals surface area contributed by atoms with Crippen molar-refractivity contribution >= 4 is 27.5 Å². The number of aromatic nitrogens is 3. The first kappa shape index (κ1) is 25.3. The van der Waals surface area contributed by atoms with E-state index in [1.807, 2.05) is 39.8 Å². The summed E-state index contributed by atoms with van der Waals surface area (Å²) in [6.07, 6.45) is 5.66. The molecule has 4 N–H and O–H groups in total. The van der Waals surface area contributed by atoms with Crippen LogP contribution in [0.5, 0.6) is 0 Å². The molecule has 0 bridgehead atoms. The van der Waals surface area contributed by atoms with Crippen LogP contribution in [0.4, 0.5) is 4.79 Å². The quantitative estimate of drug-likeness (QED) is 0.368. The molecule has 1 fully saturated rings. The number of rotatable bonds is 6. The fraction of sp³-hybridized carbons (Fsp3) is 0.458. The molecule has 35 heavy (non-hydrogen) atoms. The Morgan fingerprint density at radius 2 is 1.86 bits per heavy atom. The van der Waals surface area contributed by atoms with E-state index >= 15 is 0 Å². The smallest absolute Gasteiger partial charge is 0.404 e. The third-order valence-electron chi connectivity index (χ3n) is 6.05. The highest BCUT2D eigenvalue weighted by molar-refractivity contribution is 7.89. The summed E-state index contributed by atoms with van der Waals surface area (Å²) >= 11 is 1.50. The number of aryl methyl sites for hydroxylation is 1. The van der Waals surface area contributed by atoms with Crippen LogP contribution in [0, 0.1) is 6.92 Å². The largest absolute Gasteiger partial charge is 0.465 e. The molecule has 0 aliphatic heterocycles. The minimum absolute atomic E-state index is 0.0256. The van der Waals surface area contributed by atoms with Gasteiger partial charge in [-0.3, -0.25) is 5.10 Å². The molecule has 1 aliphatic carbocycles. The number of H-pyrrole nitrogens is 1. The van der Waals surface area contributed by atoms with Gasteiger partial charge in [0.15, 0.2) is 0 Å². The zero-order valence-corrected chi connectivity index (χ0v) is 21.9. The molecular weight excluding hydrogens is 486 g/mol. The molecule has 0 spiro atoms. The van der Waals surface area contributed by atoms with Crippen molar-refractivity contribution in [2.45, 2.75) is 75.8 Å². The molecule has 0 saturated heterocycles. The Labute approximate surface area is 209 Å². The number of sulfonamides is 1. The number of thiazole rings is 1. The van der Waals surface area contributed by atoms with Crippen molar-refractivity contribution in [1.82, 2.24) is 25.2 Å². The highest BCUT2D eigenvalue weighted by atomic mass is 32.2. The Bertz CT molecular complexity index is 1320. The van der Waals surface area contributed by atoms with Crippen molar-refractivity contribution in [3.63, 3.8) is 0 Å². The van der Waals surface area contributed by atoms with Gasteiger partial charge in [0, 0.05) is 40.5 Å². The maximum Gasteiger partial charge on any atom is 0.404 e. The first-order chi connectivity index (χ1) is 16.4.